The van der Waals surface area contributed by atoms with E-state index in [9.17, 15) is 13.2 Å². The summed E-state index contributed by atoms with van der Waals surface area (Å²) in [5.74, 6) is -0.799. The van der Waals surface area contributed by atoms with Gasteiger partial charge in [0, 0.05) is 24.4 Å². The van der Waals surface area contributed by atoms with Crippen LogP contribution < -0.4 is 5.32 Å². The van der Waals surface area contributed by atoms with Crippen molar-refractivity contribution in [2.75, 3.05) is 7.05 Å². The van der Waals surface area contributed by atoms with Crippen molar-refractivity contribution in [3.05, 3.63) is 30.1 Å². The molecule has 1 aromatic rings. The van der Waals surface area contributed by atoms with Crippen LogP contribution in [-0.2, 0) is 6.42 Å². The lowest BCUT2D eigenvalue weighted by Crippen LogP contribution is -2.39. The molecule has 1 aromatic heterocycles. The maximum Gasteiger partial charge on any atom is 0.391 e. The molecule has 1 aliphatic carbocycles. The van der Waals surface area contributed by atoms with Crippen molar-refractivity contribution >= 4 is 0 Å². The second-order valence-electron chi connectivity index (χ2n) is 5.57. The summed E-state index contributed by atoms with van der Waals surface area (Å²) in [4.78, 5) is 4.30. The smallest absolute Gasteiger partial charge is 0.316 e. The van der Waals surface area contributed by atoms with Crippen LogP contribution in [0, 0.1) is 11.8 Å². The van der Waals surface area contributed by atoms with Crippen molar-refractivity contribution < 1.29 is 13.2 Å². The molecule has 2 nitrogen and oxygen atoms in total. The number of nitrogens with zero attached hydrogens (tertiary/aromatic N) is 1. The van der Waals surface area contributed by atoms with Crippen LogP contribution in [0.3, 0.4) is 0 Å². The fourth-order valence-corrected chi connectivity index (χ4v) is 3.10. The first kappa shape index (κ1) is 15.3. The van der Waals surface area contributed by atoms with Gasteiger partial charge in [-0.1, -0.05) is 6.07 Å². The molecule has 0 saturated heterocycles. The molecule has 5 heteroatoms. The standard InChI is InChI=1S/C15H21F3N2/c1-19-14(10-13-4-2-3-9-20-13)11-5-7-12(8-6-11)15(16,17)18/h2-4,9,11-12,14,19H,5-8,10H2,1H3. The molecule has 0 aliphatic heterocycles. The summed E-state index contributed by atoms with van der Waals surface area (Å²) in [6, 6.07) is 5.98. The summed E-state index contributed by atoms with van der Waals surface area (Å²) in [6.45, 7) is 0. The highest BCUT2D eigenvalue weighted by molar-refractivity contribution is 5.06. The second kappa shape index (κ2) is 6.57. The quantitative estimate of drug-likeness (QED) is 0.915. The maximum absolute atomic E-state index is 12.7. The summed E-state index contributed by atoms with van der Waals surface area (Å²) in [5.41, 5.74) is 0.991. The van der Waals surface area contributed by atoms with Crippen molar-refractivity contribution in [2.45, 2.75) is 44.3 Å². The Kier molecular flexibility index (Phi) is 5.02. The van der Waals surface area contributed by atoms with Gasteiger partial charge >= 0.3 is 6.18 Å². The van der Waals surface area contributed by atoms with Gasteiger partial charge in [0.1, 0.15) is 0 Å². The van der Waals surface area contributed by atoms with Gasteiger partial charge in [0.05, 0.1) is 5.92 Å². The van der Waals surface area contributed by atoms with Crippen LogP contribution in [0.4, 0.5) is 13.2 Å². The molecule has 0 bridgehead atoms. The Morgan fingerprint density at radius 1 is 1.25 bits per heavy atom. The number of rotatable bonds is 4. The molecule has 20 heavy (non-hydrogen) atoms. The minimum atomic E-state index is -4.03. The zero-order valence-corrected chi connectivity index (χ0v) is 11.7. The van der Waals surface area contributed by atoms with E-state index in [-0.39, 0.29) is 18.9 Å². The van der Waals surface area contributed by atoms with Gasteiger partial charge in [-0.3, -0.25) is 4.98 Å². The number of nitrogens with one attached hydrogen (secondary N) is 1. The van der Waals surface area contributed by atoms with Crippen LogP contribution in [0.1, 0.15) is 31.4 Å². The molecule has 0 radical (unpaired) electrons. The minimum absolute atomic E-state index is 0.207. The van der Waals surface area contributed by atoms with Crippen molar-refractivity contribution in [1.82, 2.24) is 10.3 Å². The van der Waals surface area contributed by atoms with Gasteiger partial charge in [-0.15, -0.1) is 0 Å². The highest BCUT2D eigenvalue weighted by Crippen LogP contribution is 2.40. The number of pyridine rings is 1. The number of likely N-dealkylation sites (N-methyl/N-ethyl adjacent to an activating group) is 1. The third kappa shape index (κ3) is 3.95. The Balaban J connectivity index is 1.91. The van der Waals surface area contributed by atoms with E-state index >= 15 is 0 Å². The average molecular weight is 286 g/mol. The number of alkyl halides is 3. The SMILES string of the molecule is CNC(Cc1ccccn1)C1CCC(C(F)(F)F)CC1. The van der Waals surface area contributed by atoms with E-state index in [4.69, 9.17) is 0 Å². The van der Waals surface area contributed by atoms with Crippen LogP contribution in [-0.4, -0.2) is 24.2 Å². The molecule has 1 aliphatic rings. The van der Waals surface area contributed by atoms with E-state index in [1.165, 1.54) is 0 Å². The number of hydrogen-bond donors (Lipinski definition) is 1. The van der Waals surface area contributed by atoms with E-state index in [0.29, 0.717) is 18.8 Å². The largest absolute Gasteiger partial charge is 0.391 e. The summed E-state index contributed by atoms with van der Waals surface area (Å²) in [7, 11) is 1.88. The van der Waals surface area contributed by atoms with E-state index in [1.807, 2.05) is 25.2 Å². The molecular weight excluding hydrogens is 265 g/mol. The van der Waals surface area contributed by atoms with Crippen LogP contribution in [0.2, 0.25) is 0 Å². The van der Waals surface area contributed by atoms with Crippen molar-refractivity contribution in [1.29, 1.82) is 0 Å². The van der Waals surface area contributed by atoms with Crippen molar-refractivity contribution in [2.24, 2.45) is 11.8 Å². The Morgan fingerprint density at radius 2 is 1.95 bits per heavy atom. The van der Waals surface area contributed by atoms with Gasteiger partial charge in [0.15, 0.2) is 0 Å². The van der Waals surface area contributed by atoms with Gasteiger partial charge in [0.2, 0.25) is 0 Å². The van der Waals surface area contributed by atoms with Crippen molar-refractivity contribution in [3.8, 4) is 0 Å². The lowest BCUT2D eigenvalue weighted by atomic mass is 9.77. The molecule has 0 spiro atoms. The highest BCUT2D eigenvalue weighted by atomic mass is 19.4. The van der Waals surface area contributed by atoms with Gasteiger partial charge in [0.25, 0.3) is 0 Å². The first-order valence-corrected chi connectivity index (χ1v) is 7.14. The molecule has 112 valence electrons. The van der Waals surface area contributed by atoms with Crippen LogP contribution in [0.5, 0.6) is 0 Å². The number of halogens is 3. The first-order chi connectivity index (χ1) is 9.50. The van der Waals surface area contributed by atoms with E-state index < -0.39 is 12.1 Å². The summed E-state index contributed by atoms with van der Waals surface area (Å²) in [6.07, 6.45) is 0.302. The summed E-state index contributed by atoms with van der Waals surface area (Å²) in [5, 5.41) is 3.25. The Morgan fingerprint density at radius 3 is 2.45 bits per heavy atom. The van der Waals surface area contributed by atoms with E-state index in [1.54, 1.807) is 6.20 Å². The molecule has 1 atom stereocenters. The molecule has 1 fully saturated rings. The molecular formula is C15H21F3N2. The summed E-state index contributed by atoms with van der Waals surface area (Å²) >= 11 is 0. The van der Waals surface area contributed by atoms with Crippen molar-refractivity contribution in [3.63, 3.8) is 0 Å². The van der Waals surface area contributed by atoms with Gasteiger partial charge in [-0.05, 0) is 50.8 Å². The van der Waals surface area contributed by atoms with Gasteiger partial charge < -0.3 is 5.32 Å². The topological polar surface area (TPSA) is 24.9 Å². The van der Waals surface area contributed by atoms with E-state index in [0.717, 1.165) is 12.1 Å². The van der Waals surface area contributed by atoms with Crippen LogP contribution in [0.25, 0.3) is 0 Å². The fourth-order valence-electron chi connectivity index (χ4n) is 3.10. The molecule has 2 rings (SSSR count). The predicted molar refractivity (Wildman–Crippen MR) is 72.3 cm³/mol. The zero-order valence-electron chi connectivity index (χ0n) is 11.7. The molecule has 1 heterocycles. The second-order valence-corrected chi connectivity index (χ2v) is 5.57. The predicted octanol–water partition coefficient (Wildman–Crippen LogP) is 3.58. The van der Waals surface area contributed by atoms with Crippen LogP contribution >= 0.6 is 0 Å². The zero-order chi connectivity index (χ0) is 14.6. The first-order valence-electron chi connectivity index (χ1n) is 7.14. The molecule has 0 amide bonds. The number of aromatic nitrogens is 1. The van der Waals surface area contributed by atoms with E-state index in [2.05, 4.69) is 10.3 Å². The molecule has 1 N–H and O–H groups in total. The molecule has 0 aromatic carbocycles. The Bertz CT molecular complexity index is 397. The Labute approximate surface area is 117 Å². The molecule has 1 unspecified atom stereocenters. The third-order valence-electron chi connectivity index (χ3n) is 4.33. The highest BCUT2D eigenvalue weighted by Gasteiger charge is 2.42. The fraction of sp³-hybridized carbons (Fsp3) is 0.667. The lowest BCUT2D eigenvalue weighted by Gasteiger charge is -2.34. The average Bonchev–Trinajstić information content (AvgIpc) is 2.45. The van der Waals surface area contributed by atoms with Gasteiger partial charge in [-0.25, -0.2) is 0 Å². The van der Waals surface area contributed by atoms with Crippen LogP contribution in [0.15, 0.2) is 24.4 Å². The maximum atomic E-state index is 12.7. The Hall–Kier alpha value is -1.10. The normalized spacial score (nSPS) is 25.4. The van der Waals surface area contributed by atoms with Gasteiger partial charge in [-0.2, -0.15) is 13.2 Å². The summed E-state index contributed by atoms with van der Waals surface area (Å²) < 4.78 is 38.0. The lowest BCUT2D eigenvalue weighted by molar-refractivity contribution is -0.184. The third-order valence-corrected chi connectivity index (χ3v) is 4.33. The minimum Gasteiger partial charge on any atom is -0.316 e. The number of hydrogen-bond acceptors (Lipinski definition) is 2. The molecule has 1 saturated carbocycles. The monoisotopic (exact) mass is 286 g/mol.